The lowest BCUT2D eigenvalue weighted by Gasteiger charge is -2.58. The number of aromatic amines is 1. The Balaban J connectivity index is 0.861. The Hall–Kier alpha value is -5.02. The van der Waals surface area contributed by atoms with Crippen LogP contribution in [0.3, 0.4) is 0 Å². The van der Waals surface area contributed by atoms with Crippen LogP contribution in [0.5, 0.6) is 11.5 Å². The quantitative estimate of drug-likeness (QED) is 0.0661. The molecule has 4 fully saturated rings. The summed E-state index contributed by atoms with van der Waals surface area (Å²) in [7, 11) is 2.26. The van der Waals surface area contributed by atoms with Crippen LogP contribution in [0.4, 0.5) is 17.2 Å². The first kappa shape index (κ1) is 43.2. The molecule has 4 N–H and O–H groups in total. The highest BCUT2D eigenvalue weighted by Crippen LogP contribution is 2.53. The third-order valence-corrected chi connectivity index (χ3v) is 15.1. The molecule has 2 aliphatic heterocycles. The van der Waals surface area contributed by atoms with E-state index in [4.69, 9.17) is 4.74 Å². The lowest BCUT2D eigenvalue weighted by Crippen LogP contribution is -2.59. The molecule has 5 heterocycles. The van der Waals surface area contributed by atoms with Crippen molar-refractivity contribution in [3.63, 3.8) is 0 Å². The molecular weight excluding hydrogens is 811 g/mol. The third-order valence-electron chi connectivity index (χ3n) is 14.4. The van der Waals surface area contributed by atoms with E-state index < -0.39 is 5.60 Å². The number of H-pyrrole nitrogens is 1. The molecule has 2 aromatic carbocycles. The highest BCUT2D eigenvalue weighted by atomic mass is 32.2. The summed E-state index contributed by atoms with van der Waals surface area (Å²) in [4.78, 5) is 46.2. The van der Waals surface area contributed by atoms with Gasteiger partial charge >= 0.3 is 0 Å². The summed E-state index contributed by atoms with van der Waals surface area (Å²) in [6.45, 7) is 12.3. The van der Waals surface area contributed by atoms with Crippen molar-refractivity contribution < 1.29 is 14.6 Å². The molecule has 1 amide bonds. The number of aromatic nitrogens is 3. The normalized spacial score (nSPS) is 23.2. The van der Waals surface area contributed by atoms with Gasteiger partial charge in [-0.2, -0.15) is 0 Å². The van der Waals surface area contributed by atoms with Crippen molar-refractivity contribution in [1.82, 2.24) is 29.5 Å². The fourth-order valence-electron chi connectivity index (χ4n) is 10.5. The fraction of sp³-hybridized carbons (Fsp3) is 0.490. The number of piperidine rings is 1. The van der Waals surface area contributed by atoms with Gasteiger partial charge in [-0.1, -0.05) is 38.1 Å². The first-order chi connectivity index (χ1) is 30.4. The number of ether oxygens (including phenoxy) is 1. The number of nitrogens with one attached hydrogen (secondary N) is 3. The molecule has 2 aliphatic carbocycles. The Kier molecular flexibility index (Phi) is 12.5. The highest BCUT2D eigenvalue weighted by Gasteiger charge is 2.50. The van der Waals surface area contributed by atoms with Crippen LogP contribution < -0.4 is 19.7 Å². The van der Waals surface area contributed by atoms with Gasteiger partial charge in [0.1, 0.15) is 17.1 Å². The number of likely N-dealkylation sites (N-methyl/N-ethyl adjacent to an activating group) is 1. The van der Waals surface area contributed by atoms with E-state index in [-0.39, 0.29) is 11.6 Å². The standard InChI is InChI=1S/C49H61N9O4S/c1-32(2)39-7-5-6-8-40(39)43-31-56(4)21-22-58(43)36-26-49(27-36)16-19-57(20-17-49)35-9-10-41(44(24-35)62-37-23-34-13-18-50-45(34)52-29-37)47(59)55-63-38-25-42(54-61)46(53-30-38)51-28-33-11-14-48(3,60)15-12-33/h5-10,13,18,23-25,29-30,32-33,36,43,60H,11-12,14-17,19-22,26-28,31H2,1-4H3,(H,50,52)(H,51,53)(H,55,59)/t33?,43-,48?/m1/s1. The third kappa shape index (κ3) is 9.60. The maximum atomic E-state index is 13.9. The number of piperazine rings is 1. The molecule has 4 aliphatic rings. The fourth-order valence-corrected chi connectivity index (χ4v) is 11.1. The summed E-state index contributed by atoms with van der Waals surface area (Å²) < 4.78 is 9.43. The number of nitroso groups, excluding NO2 is 1. The lowest BCUT2D eigenvalue weighted by atomic mass is 9.59. The Labute approximate surface area is 374 Å². The summed E-state index contributed by atoms with van der Waals surface area (Å²) in [6.07, 6.45) is 13.2. The second kappa shape index (κ2) is 18.2. The second-order valence-electron chi connectivity index (χ2n) is 19.2. The number of hydrogen-bond donors (Lipinski definition) is 4. The molecule has 3 aromatic heterocycles. The Morgan fingerprint density at radius 1 is 1.00 bits per heavy atom. The molecule has 2 saturated heterocycles. The van der Waals surface area contributed by atoms with Gasteiger partial charge < -0.3 is 29.9 Å². The minimum Gasteiger partial charge on any atom is -0.455 e. The number of rotatable bonds is 13. The molecule has 0 radical (unpaired) electrons. The largest absolute Gasteiger partial charge is 0.455 e. The van der Waals surface area contributed by atoms with Crippen LogP contribution >= 0.6 is 11.9 Å². The molecule has 5 aromatic rings. The molecule has 332 valence electrons. The second-order valence-corrected chi connectivity index (χ2v) is 20.1. The van der Waals surface area contributed by atoms with Crippen LogP contribution in [0.2, 0.25) is 0 Å². The number of fused-ring (bicyclic) bond motifs is 1. The number of aliphatic hydroxyl groups is 1. The molecule has 1 atom stereocenters. The van der Waals surface area contributed by atoms with E-state index >= 15 is 0 Å². The summed E-state index contributed by atoms with van der Waals surface area (Å²) in [6, 6.07) is 21.4. The number of pyridine rings is 2. The van der Waals surface area contributed by atoms with Crippen LogP contribution in [-0.2, 0) is 0 Å². The summed E-state index contributed by atoms with van der Waals surface area (Å²) in [5.41, 5.74) is 5.06. The van der Waals surface area contributed by atoms with Crippen molar-refractivity contribution in [2.45, 2.75) is 101 Å². The van der Waals surface area contributed by atoms with Crippen molar-refractivity contribution in [1.29, 1.82) is 0 Å². The van der Waals surface area contributed by atoms with E-state index in [0.717, 1.165) is 99.9 Å². The van der Waals surface area contributed by atoms with E-state index in [2.05, 4.69) is 90.0 Å². The molecule has 9 rings (SSSR count). The van der Waals surface area contributed by atoms with Crippen molar-refractivity contribution in [2.24, 2.45) is 16.5 Å². The molecule has 0 unspecified atom stereocenters. The van der Waals surface area contributed by atoms with E-state index in [1.807, 2.05) is 43.5 Å². The highest BCUT2D eigenvalue weighted by molar-refractivity contribution is 7.98. The number of amides is 1. The molecule has 14 heteroatoms. The van der Waals surface area contributed by atoms with E-state index in [1.165, 1.54) is 24.0 Å². The average Bonchev–Trinajstić information content (AvgIpc) is 3.75. The van der Waals surface area contributed by atoms with Gasteiger partial charge in [0.2, 0.25) is 0 Å². The zero-order valence-electron chi connectivity index (χ0n) is 37.0. The van der Waals surface area contributed by atoms with Crippen LogP contribution in [0.15, 0.2) is 89.3 Å². The smallest absolute Gasteiger partial charge is 0.265 e. The average molecular weight is 872 g/mol. The molecule has 0 bridgehead atoms. The maximum absolute atomic E-state index is 13.9. The van der Waals surface area contributed by atoms with Crippen molar-refractivity contribution in [3.8, 4) is 11.5 Å². The van der Waals surface area contributed by atoms with Gasteiger partial charge in [-0.05, 0) is 141 Å². The van der Waals surface area contributed by atoms with Gasteiger partial charge in [0, 0.05) is 85.8 Å². The number of nitrogens with zero attached hydrogens (tertiary/aromatic N) is 6. The van der Waals surface area contributed by atoms with Crippen LogP contribution in [0, 0.1) is 16.2 Å². The Bertz CT molecular complexity index is 2410. The molecule has 2 saturated carbocycles. The number of benzene rings is 2. The predicted molar refractivity (Wildman–Crippen MR) is 251 cm³/mol. The van der Waals surface area contributed by atoms with Crippen molar-refractivity contribution >= 4 is 46.1 Å². The summed E-state index contributed by atoms with van der Waals surface area (Å²) in [5.74, 6) is 1.91. The first-order valence-electron chi connectivity index (χ1n) is 22.7. The number of carbonyl (C=O) groups is 1. The summed E-state index contributed by atoms with van der Waals surface area (Å²) >= 11 is 1.07. The van der Waals surface area contributed by atoms with Crippen molar-refractivity contribution in [3.05, 3.63) is 101 Å². The van der Waals surface area contributed by atoms with Gasteiger partial charge in [-0.15, -0.1) is 4.91 Å². The van der Waals surface area contributed by atoms with Gasteiger partial charge in [0.25, 0.3) is 5.91 Å². The number of carbonyl (C=O) groups excluding carboxylic acids is 1. The Morgan fingerprint density at radius 3 is 2.57 bits per heavy atom. The zero-order valence-corrected chi connectivity index (χ0v) is 37.8. The molecule has 63 heavy (non-hydrogen) atoms. The van der Waals surface area contributed by atoms with E-state index in [0.29, 0.717) is 63.7 Å². The molecule has 1 spiro atoms. The van der Waals surface area contributed by atoms with Crippen LogP contribution in [0.25, 0.3) is 11.0 Å². The minimum absolute atomic E-state index is 0.176. The number of hydrogen-bond acceptors (Lipinski definition) is 12. The first-order valence-corrected chi connectivity index (χ1v) is 23.6. The van der Waals surface area contributed by atoms with Gasteiger partial charge in [0.15, 0.2) is 11.5 Å². The Morgan fingerprint density at radius 2 is 1.79 bits per heavy atom. The maximum Gasteiger partial charge on any atom is 0.265 e. The van der Waals surface area contributed by atoms with Crippen molar-refractivity contribution in [2.75, 3.05) is 56.5 Å². The van der Waals surface area contributed by atoms with Gasteiger partial charge in [0.05, 0.1) is 17.4 Å². The van der Waals surface area contributed by atoms with E-state index in [1.54, 1.807) is 18.5 Å². The van der Waals surface area contributed by atoms with Crippen LogP contribution in [-0.4, -0.2) is 93.7 Å². The lowest BCUT2D eigenvalue weighted by molar-refractivity contribution is -0.0584. The topological polar surface area (TPSA) is 151 Å². The minimum atomic E-state index is -0.605. The van der Waals surface area contributed by atoms with Gasteiger partial charge in [-0.3, -0.25) is 14.4 Å². The van der Waals surface area contributed by atoms with Gasteiger partial charge in [-0.25, -0.2) is 9.97 Å². The predicted octanol–water partition coefficient (Wildman–Crippen LogP) is 9.80. The molecule has 13 nitrogen and oxygen atoms in total. The molecular formula is C49H61N9O4S. The number of anilines is 2. The zero-order chi connectivity index (χ0) is 43.7. The van der Waals surface area contributed by atoms with E-state index in [9.17, 15) is 14.8 Å². The SMILES string of the molecule is CC(C)c1ccccc1[C@H]1CN(C)CCN1C1CC2(CCN(c3ccc(C(=O)NSc4cnc(NCC5CCC(C)(O)CC5)c(N=O)c4)c(Oc4cnc5[nH]ccc5c4)c3)CC2)C1. The van der Waals surface area contributed by atoms with Crippen LogP contribution in [0.1, 0.15) is 106 Å². The summed E-state index contributed by atoms with van der Waals surface area (Å²) in [5, 5.41) is 17.7. The monoisotopic (exact) mass is 871 g/mol.